The van der Waals surface area contributed by atoms with Crippen LogP contribution in [-0.4, -0.2) is 42.2 Å². The van der Waals surface area contributed by atoms with E-state index in [1.54, 1.807) is 6.20 Å². The van der Waals surface area contributed by atoms with Gasteiger partial charge in [0.15, 0.2) is 0 Å². The van der Waals surface area contributed by atoms with E-state index >= 15 is 0 Å². The quantitative estimate of drug-likeness (QED) is 0.899. The summed E-state index contributed by atoms with van der Waals surface area (Å²) in [6.07, 6.45) is 7.52. The van der Waals surface area contributed by atoms with E-state index < -0.39 is 0 Å². The normalized spacial score (nSPS) is 34.7. The molecular weight excluding hydrogens is 326 g/mol. The Balaban J connectivity index is 1.41. The van der Waals surface area contributed by atoms with Gasteiger partial charge in [-0.3, -0.25) is 9.78 Å². The van der Waals surface area contributed by atoms with E-state index in [-0.39, 0.29) is 24.2 Å². The highest BCUT2D eigenvalue weighted by atomic mass is 16.5. The minimum absolute atomic E-state index is 0.0449. The van der Waals surface area contributed by atoms with Crippen LogP contribution in [-0.2, 0) is 4.74 Å². The lowest BCUT2D eigenvalue weighted by molar-refractivity contribution is -0.00522. The van der Waals surface area contributed by atoms with Gasteiger partial charge in [-0.2, -0.15) is 0 Å². The number of anilines is 1. The summed E-state index contributed by atoms with van der Waals surface area (Å²) in [5.74, 6) is 2.31. The van der Waals surface area contributed by atoms with Gasteiger partial charge < -0.3 is 15.0 Å². The number of ether oxygens (including phenoxy) is 1. The van der Waals surface area contributed by atoms with Crippen molar-refractivity contribution < 1.29 is 9.53 Å². The number of amides is 1. The largest absolute Gasteiger partial charge is 0.372 e. The molecule has 2 bridgehead atoms. The zero-order valence-corrected chi connectivity index (χ0v) is 16.1. The molecule has 26 heavy (non-hydrogen) atoms. The number of carbonyl (C=O) groups is 1. The summed E-state index contributed by atoms with van der Waals surface area (Å²) >= 11 is 0. The minimum atomic E-state index is -0.0449. The van der Waals surface area contributed by atoms with Crippen molar-refractivity contribution in [2.75, 3.05) is 18.0 Å². The first-order valence-electron chi connectivity index (χ1n) is 10.2. The van der Waals surface area contributed by atoms with Gasteiger partial charge in [0.1, 0.15) is 5.69 Å². The number of morpholine rings is 1. The summed E-state index contributed by atoms with van der Waals surface area (Å²) < 4.78 is 5.81. The molecule has 0 aromatic carbocycles. The van der Waals surface area contributed by atoms with Crippen molar-refractivity contribution in [3.63, 3.8) is 0 Å². The smallest absolute Gasteiger partial charge is 0.270 e. The lowest BCUT2D eigenvalue weighted by Gasteiger charge is -2.36. The van der Waals surface area contributed by atoms with Crippen LogP contribution >= 0.6 is 0 Å². The summed E-state index contributed by atoms with van der Waals surface area (Å²) in [5.41, 5.74) is 1.57. The van der Waals surface area contributed by atoms with Crippen molar-refractivity contribution in [3.8, 4) is 0 Å². The molecule has 1 aliphatic heterocycles. The van der Waals surface area contributed by atoms with Gasteiger partial charge in [0.2, 0.25) is 0 Å². The third kappa shape index (κ3) is 3.59. The molecule has 1 amide bonds. The third-order valence-electron chi connectivity index (χ3n) is 6.55. The van der Waals surface area contributed by atoms with Gasteiger partial charge >= 0.3 is 0 Å². The number of nitrogens with one attached hydrogen (secondary N) is 1. The first-order valence-corrected chi connectivity index (χ1v) is 10.2. The Labute approximate surface area is 156 Å². The summed E-state index contributed by atoms with van der Waals surface area (Å²) in [6, 6.07) is 4.14. The zero-order chi connectivity index (χ0) is 18.3. The first kappa shape index (κ1) is 17.8. The Morgan fingerprint density at radius 3 is 2.69 bits per heavy atom. The molecule has 6 atom stereocenters. The molecule has 1 saturated heterocycles. The molecular formula is C21H31N3O2. The molecule has 1 N–H and O–H groups in total. The van der Waals surface area contributed by atoms with Crippen LogP contribution in [0.2, 0.25) is 0 Å². The van der Waals surface area contributed by atoms with Gasteiger partial charge in [0.25, 0.3) is 5.91 Å². The maximum Gasteiger partial charge on any atom is 0.270 e. The standard InChI is InChI=1S/C21H31N3O2/c1-13-11-24(12-14(2)26-13)18-6-7-22-20(10-18)21(25)23-15(3)19-9-16-4-5-17(19)8-16/h6-7,10,13-17,19H,4-5,8-9,11-12H2,1-3H3,(H,23,25). The van der Waals surface area contributed by atoms with Crippen LogP contribution in [0.1, 0.15) is 56.9 Å². The summed E-state index contributed by atoms with van der Waals surface area (Å²) in [7, 11) is 0. The average molecular weight is 357 g/mol. The van der Waals surface area contributed by atoms with Crippen LogP contribution in [0.5, 0.6) is 0 Å². The molecule has 5 nitrogen and oxygen atoms in total. The predicted molar refractivity (Wildman–Crippen MR) is 102 cm³/mol. The number of aromatic nitrogens is 1. The van der Waals surface area contributed by atoms with Crippen LogP contribution < -0.4 is 10.2 Å². The minimum Gasteiger partial charge on any atom is -0.372 e. The topological polar surface area (TPSA) is 54.5 Å². The molecule has 2 heterocycles. The number of hydrogen-bond acceptors (Lipinski definition) is 4. The van der Waals surface area contributed by atoms with E-state index in [1.807, 2.05) is 12.1 Å². The second kappa shape index (κ2) is 7.18. The van der Waals surface area contributed by atoms with Crippen molar-refractivity contribution in [2.24, 2.45) is 17.8 Å². The second-order valence-electron chi connectivity index (χ2n) is 8.66. The van der Waals surface area contributed by atoms with E-state index in [1.165, 1.54) is 25.7 Å². The molecule has 1 aromatic rings. The van der Waals surface area contributed by atoms with E-state index in [9.17, 15) is 4.79 Å². The van der Waals surface area contributed by atoms with E-state index in [0.29, 0.717) is 11.6 Å². The van der Waals surface area contributed by atoms with Crippen molar-refractivity contribution >= 4 is 11.6 Å². The van der Waals surface area contributed by atoms with Crippen LogP contribution in [0.15, 0.2) is 18.3 Å². The van der Waals surface area contributed by atoms with Crippen LogP contribution in [0.25, 0.3) is 0 Å². The molecule has 4 rings (SSSR count). The molecule has 1 aromatic heterocycles. The Morgan fingerprint density at radius 1 is 1.27 bits per heavy atom. The molecule has 2 aliphatic carbocycles. The Hall–Kier alpha value is -1.62. The predicted octanol–water partition coefficient (Wildman–Crippen LogP) is 3.25. The number of hydrogen-bond donors (Lipinski definition) is 1. The fraction of sp³-hybridized carbons (Fsp3) is 0.714. The van der Waals surface area contributed by atoms with Crippen molar-refractivity contribution in [1.29, 1.82) is 0 Å². The van der Waals surface area contributed by atoms with Gasteiger partial charge in [-0.15, -0.1) is 0 Å². The average Bonchev–Trinajstić information content (AvgIpc) is 3.24. The molecule has 2 saturated carbocycles. The highest BCUT2D eigenvalue weighted by Gasteiger charge is 2.42. The van der Waals surface area contributed by atoms with E-state index in [2.05, 4.69) is 36.0 Å². The number of nitrogens with zero attached hydrogens (tertiary/aromatic N) is 2. The fourth-order valence-electron chi connectivity index (χ4n) is 5.42. The van der Waals surface area contributed by atoms with Gasteiger partial charge in [0.05, 0.1) is 12.2 Å². The maximum atomic E-state index is 12.8. The molecule has 142 valence electrons. The summed E-state index contributed by atoms with van der Waals surface area (Å²) in [4.78, 5) is 19.4. The number of fused-ring (bicyclic) bond motifs is 2. The summed E-state index contributed by atoms with van der Waals surface area (Å²) in [5, 5.41) is 3.23. The number of carbonyl (C=O) groups excluding carboxylic acids is 1. The van der Waals surface area contributed by atoms with Gasteiger partial charge in [0, 0.05) is 31.0 Å². The Bertz CT molecular complexity index is 654. The van der Waals surface area contributed by atoms with Crippen molar-refractivity contribution in [2.45, 2.75) is 64.7 Å². The second-order valence-corrected chi connectivity index (χ2v) is 8.66. The van der Waals surface area contributed by atoms with E-state index in [0.717, 1.165) is 30.6 Å². The van der Waals surface area contributed by atoms with Crippen LogP contribution in [0, 0.1) is 17.8 Å². The molecule has 3 aliphatic rings. The Morgan fingerprint density at radius 2 is 2.04 bits per heavy atom. The molecule has 5 heteroatoms. The van der Waals surface area contributed by atoms with E-state index in [4.69, 9.17) is 4.74 Å². The third-order valence-corrected chi connectivity index (χ3v) is 6.55. The highest BCUT2D eigenvalue weighted by Crippen LogP contribution is 2.49. The summed E-state index contributed by atoms with van der Waals surface area (Å²) in [6.45, 7) is 8.04. The lowest BCUT2D eigenvalue weighted by Crippen LogP contribution is -2.45. The maximum absolute atomic E-state index is 12.8. The van der Waals surface area contributed by atoms with Gasteiger partial charge in [-0.1, -0.05) is 6.42 Å². The Kier molecular flexibility index (Phi) is 4.91. The molecule has 0 spiro atoms. The molecule has 3 fully saturated rings. The first-order chi connectivity index (χ1) is 12.5. The van der Waals surface area contributed by atoms with Crippen molar-refractivity contribution in [3.05, 3.63) is 24.0 Å². The number of pyridine rings is 1. The van der Waals surface area contributed by atoms with Gasteiger partial charge in [-0.05, 0) is 69.9 Å². The zero-order valence-electron chi connectivity index (χ0n) is 16.1. The molecule has 6 unspecified atom stereocenters. The number of rotatable bonds is 4. The molecule has 0 radical (unpaired) electrons. The van der Waals surface area contributed by atoms with Crippen LogP contribution in [0.4, 0.5) is 5.69 Å². The van der Waals surface area contributed by atoms with Crippen molar-refractivity contribution in [1.82, 2.24) is 10.3 Å². The highest BCUT2D eigenvalue weighted by molar-refractivity contribution is 5.93. The van der Waals surface area contributed by atoms with Crippen LogP contribution in [0.3, 0.4) is 0 Å². The lowest BCUT2D eigenvalue weighted by atomic mass is 9.84. The monoisotopic (exact) mass is 357 g/mol. The van der Waals surface area contributed by atoms with Gasteiger partial charge in [-0.25, -0.2) is 0 Å². The SMILES string of the molecule is CC1CN(c2ccnc(C(=O)NC(C)C3CC4CCC3C4)c2)CC(C)O1. The fourth-order valence-corrected chi connectivity index (χ4v) is 5.42.